The summed E-state index contributed by atoms with van der Waals surface area (Å²) in [7, 11) is 0. The van der Waals surface area contributed by atoms with Crippen molar-refractivity contribution in [1.29, 1.82) is 10.8 Å². The Morgan fingerprint density at radius 1 is 1.17 bits per heavy atom. The van der Waals surface area contributed by atoms with Gasteiger partial charge in [0.05, 0.1) is 12.3 Å². The Hall–Kier alpha value is -1.03. The smallest absolute Gasteiger partial charge is 0.190 e. The van der Waals surface area contributed by atoms with Crippen LogP contribution in [-0.2, 0) is 4.79 Å². The van der Waals surface area contributed by atoms with Gasteiger partial charge in [-0.2, -0.15) is 0 Å². The van der Waals surface area contributed by atoms with Crippen molar-refractivity contribution in [2.45, 2.75) is 58.4 Å². The Balaban J connectivity index is 4.62. The van der Waals surface area contributed by atoms with E-state index in [1.807, 2.05) is 0 Å². The van der Waals surface area contributed by atoms with Crippen LogP contribution < -0.4 is 0 Å². The van der Waals surface area contributed by atoms with E-state index >= 15 is 0 Å². The molecule has 0 bridgehead atoms. The molecule has 4 nitrogen and oxygen atoms in total. The second-order valence-electron chi connectivity index (χ2n) is 4.59. The maximum Gasteiger partial charge on any atom is 0.190 e. The zero-order valence-corrected chi connectivity index (χ0v) is 11.7. The number of nitrogens with one attached hydrogen (secondary N) is 2. The van der Waals surface area contributed by atoms with E-state index in [4.69, 9.17) is 10.8 Å². The topological polar surface area (TPSA) is 68.0 Å². The highest BCUT2D eigenvalue weighted by Gasteiger charge is 2.22. The summed E-state index contributed by atoms with van der Waals surface area (Å²) in [5.41, 5.74) is 0. The van der Waals surface area contributed by atoms with E-state index in [9.17, 15) is 4.79 Å². The van der Waals surface area contributed by atoms with Gasteiger partial charge in [0, 0.05) is 0 Å². The number of ketones is 1. The van der Waals surface area contributed by atoms with Gasteiger partial charge in [-0.3, -0.25) is 9.69 Å². The molecule has 4 heteroatoms. The van der Waals surface area contributed by atoms with Gasteiger partial charge in [-0.15, -0.1) is 0 Å². The monoisotopic (exact) mass is 253 g/mol. The molecule has 2 N–H and O–H groups in total. The third-order valence-corrected chi connectivity index (χ3v) is 3.09. The van der Waals surface area contributed by atoms with Crippen LogP contribution in [0.5, 0.6) is 0 Å². The van der Waals surface area contributed by atoms with Crippen LogP contribution in [0.25, 0.3) is 0 Å². The van der Waals surface area contributed by atoms with Crippen molar-refractivity contribution in [2.75, 3.05) is 13.1 Å². The lowest BCUT2D eigenvalue weighted by Gasteiger charge is -2.29. The lowest BCUT2D eigenvalue weighted by molar-refractivity contribution is -0.117. The molecule has 0 spiro atoms. The van der Waals surface area contributed by atoms with Crippen LogP contribution in [0.1, 0.15) is 52.4 Å². The standard InChI is InChI=1S/C14H27N3O/c1-3-5-10-17(11-6-4-2)13(8-7-9-15)14(18)12-16/h9,12-13,15-16H,3-8,10-11H2,1-2H3. The van der Waals surface area contributed by atoms with E-state index in [0.717, 1.165) is 45.0 Å². The molecule has 1 unspecified atom stereocenters. The molecule has 0 saturated heterocycles. The van der Waals surface area contributed by atoms with E-state index in [0.29, 0.717) is 12.8 Å². The van der Waals surface area contributed by atoms with Gasteiger partial charge >= 0.3 is 0 Å². The number of nitrogens with zero attached hydrogens (tertiary/aromatic N) is 1. The second kappa shape index (κ2) is 11.1. The SMILES string of the molecule is CCCCN(CCCC)C(CCC=N)C(=O)C=N. The van der Waals surface area contributed by atoms with Crippen molar-refractivity contribution in [3.8, 4) is 0 Å². The summed E-state index contributed by atoms with van der Waals surface area (Å²) in [6, 6.07) is -0.206. The number of carbonyl (C=O) groups excluding carboxylic acids is 1. The molecule has 0 aliphatic heterocycles. The molecular weight excluding hydrogens is 226 g/mol. The van der Waals surface area contributed by atoms with Crippen LogP contribution in [0, 0.1) is 10.8 Å². The van der Waals surface area contributed by atoms with Gasteiger partial charge in [0.1, 0.15) is 0 Å². The lowest BCUT2D eigenvalue weighted by atomic mass is 10.0. The fraction of sp³-hybridized carbons (Fsp3) is 0.786. The minimum atomic E-state index is -0.206. The molecule has 0 fully saturated rings. The molecule has 0 heterocycles. The first-order chi connectivity index (χ1) is 8.71. The normalized spacial score (nSPS) is 12.4. The summed E-state index contributed by atoms with van der Waals surface area (Å²) in [5, 5.41) is 14.3. The molecule has 0 radical (unpaired) electrons. The average Bonchev–Trinajstić information content (AvgIpc) is 2.40. The largest absolute Gasteiger partial charge is 0.313 e. The Kier molecular flexibility index (Phi) is 10.4. The van der Waals surface area contributed by atoms with Crippen molar-refractivity contribution in [1.82, 2.24) is 4.90 Å². The van der Waals surface area contributed by atoms with Crippen LogP contribution in [-0.4, -0.2) is 42.2 Å². The maximum absolute atomic E-state index is 11.8. The van der Waals surface area contributed by atoms with Crippen molar-refractivity contribution in [2.24, 2.45) is 0 Å². The van der Waals surface area contributed by atoms with Crippen molar-refractivity contribution < 1.29 is 4.79 Å². The van der Waals surface area contributed by atoms with Gasteiger partial charge in [0.2, 0.25) is 0 Å². The number of unbranched alkanes of at least 4 members (excludes halogenated alkanes) is 2. The minimum absolute atomic E-state index is 0.121. The van der Waals surface area contributed by atoms with Crippen molar-refractivity contribution >= 4 is 18.2 Å². The Morgan fingerprint density at radius 3 is 2.11 bits per heavy atom. The third kappa shape index (κ3) is 6.64. The van der Waals surface area contributed by atoms with Gasteiger partial charge in [-0.05, 0) is 45.0 Å². The molecule has 0 amide bonds. The predicted octanol–water partition coefficient (Wildman–Crippen LogP) is 2.91. The van der Waals surface area contributed by atoms with Gasteiger partial charge < -0.3 is 10.8 Å². The highest BCUT2D eigenvalue weighted by Crippen LogP contribution is 2.11. The third-order valence-electron chi connectivity index (χ3n) is 3.09. The first-order valence-electron chi connectivity index (χ1n) is 6.98. The fourth-order valence-electron chi connectivity index (χ4n) is 1.99. The number of rotatable bonds is 12. The maximum atomic E-state index is 11.8. The van der Waals surface area contributed by atoms with Gasteiger partial charge in [0.15, 0.2) is 5.78 Å². The molecule has 0 aromatic rings. The number of hydrogen-bond donors (Lipinski definition) is 2. The molecule has 1 atom stereocenters. The van der Waals surface area contributed by atoms with Gasteiger partial charge in [0.25, 0.3) is 0 Å². The zero-order chi connectivity index (χ0) is 13.8. The Morgan fingerprint density at radius 2 is 1.72 bits per heavy atom. The molecule has 0 aromatic carbocycles. The zero-order valence-electron chi connectivity index (χ0n) is 11.7. The lowest BCUT2D eigenvalue weighted by Crippen LogP contribution is -2.43. The number of Topliss-reactive ketones (excluding diaryl/α,β-unsaturated/α-hetero) is 1. The molecule has 0 rings (SSSR count). The average molecular weight is 253 g/mol. The van der Waals surface area contributed by atoms with Crippen molar-refractivity contribution in [3.63, 3.8) is 0 Å². The van der Waals surface area contributed by atoms with Crippen LogP contribution in [0.4, 0.5) is 0 Å². The minimum Gasteiger partial charge on any atom is -0.313 e. The summed E-state index contributed by atoms with van der Waals surface area (Å²) in [6.45, 7) is 6.11. The predicted molar refractivity (Wildman–Crippen MR) is 77.0 cm³/mol. The quantitative estimate of drug-likeness (QED) is 0.525. The van der Waals surface area contributed by atoms with Crippen molar-refractivity contribution in [3.05, 3.63) is 0 Å². The van der Waals surface area contributed by atoms with E-state index in [1.54, 1.807) is 0 Å². The summed E-state index contributed by atoms with van der Waals surface area (Å²) in [5.74, 6) is -0.121. The highest BCUT2D eigenvalue weighted by molar-refractivity contribution is 6.28. The molecule has 0 aromatic heterocycles. The summed E-state index contributed by atoms with van der Waals surface area (Å²) < 4.78 is 0. The molecule has 18 heavy (non-hydrogen) atoms. The first-order valence-corrected chi connectivity index (χ1v) is 6.98. The summed E-state index contributed by atoms with van der Waals surface area (Å²) >= 11 is 0. The first kappa shape index (κ1) is 17.0. The molecular formula is C14H27N3O. The van der Waals surface area contributed by atoms with Crippen LogP contribution in [0.3, 0.4) is 0 Å². The molecule has 104 valence electrons. The van der Waals surface area contributed by atoms with E-state index in [2.05, 4.69) is 18.7 Å². The van der Waals surface area contributed by atoms with Crippen LogP contribution in [0.15, 0.2) is 0 Å². The van der Waals surface area contributed by atoms with Gasteiger partial charge in [-0.25, -0.2) is 0 Å². The van der Waals surface area contributed by atoms with Crippen LogP contribution >= 0.6 is 0 Å². The summed E-state index contributed by atoms with van der Waals surface area (Å²) in [6.07, 6.45) is 7.93. The highest BCUT2D eigenvalue weighted by atomic mass is 16.1. The molecule has 0 saturated carbocycles. The Bertz CT molecular complexity index is 245. The Labute approximate surface area is 111 Å². The second-order valence-corrected chi connectivity index (χ2v) is 4.59. The van der Waals surface area contributed by atoms with E-state index in [-0.39, 0.29) is 11.8 Å². The summed E-state index contributed by atoms with van der Waals surface area (Å²) in [4.78, 5) is 14.0. The number of carbonyl (C=O) groups is 1. The molecule has 0 aliphatic rings. The van der Waals surface area contributed by atoms with Crippen LogP contribution in [0.2, 0.25) is 0 Å². The van der Waals surface area contributed by atoms with E-state index in [1.165, 1.54) is 6.21 Å². The fourth-order valence-corrected chi connectivity index (χ4v) is 1.99. The van der Waals surface area contributed by atoms with Gasteiger partial charge in [-0.1, -0.05) is 26.7 Å². The molecule has 0 aliphatic carbocycles. The number of hydrogen-bond acceptors (Lipinski definition) is 4. The van der Waals surface area contributed by atoms with E-state index < -0.39 is 0 Å².